The summed E-state index contributed by atoms with van der Waals surface area (Å²) in [6, 6.07) is 0. The largest absolute Gasteiger partial charge is 0.481 e. The SMILES string of the molecule is CCSCCNCCC(C)CCC(=O)O. The third-order valence-electron chi connectivity index (χ3n) is 2.29. The van der Waals surface area contributed by atoms with Gasteiger partial charge in [-0.15, -0.1) is 0 Å². The first-order valence-electron chi connectivity index (χ1n) is 5.67. The first kappa shape index (κ1) is 14.8. The monoisotopic (exact) mass is 233 g/mol. The highest BCUT2D eigenvalue weighted by atomic mass is 32.2. The Labute approximate surface area is 97.0 Å². The minimum atomic E-state index is -0.686. The van der Waals surface area contributed by atoms with Crippen molar-refractivity contribution in [3.63, 3.8) is 0 Å². The van der Waals surface area contributed by atoms with Gasteiger partial charge in [0, 0.05) is 18.7 Å². The van der Waals surface area contributed by atoms with Gasteiger partial charge in [0.25, 0.3) is 0 Å². The topological polar surface area (TPSA) is 49.3 Å². The molecule has 0 radical (unpaired) electrons. The molecule has 1 unspecified atom stereocenters. The summed E-state index contributed by atoms with van der Waals surface area (Å²) in [4.78, 5) is 10.3. The van der Waals surface area contributed by atoms with Gasteiger partial charge >= 0.3 is 5.97 Å². The molecule has 0 amide bonds. The zero-order valence-corrected chi connectivity index (χ0v) is 10.6. The van der Waals surface area contributed by atoms with Crippen LogP contribution in [0.25, 0.3) is 0 Å². The molecule has 0 aromatic rings. The van der Waals surface area contributed by atoms with Crippen LogP contribution in [-0.4, -0.2) is 35.7 Å². The van der Waals surface area contributed by atoms with Crippen molar-refractivity contribution >= 4 is 17.7 Å². The van der Waals surface area contributed by atoms with E-state index in [1.54, 1.807) is 0 Å². The van der Waals surface area contributed by atoms with Crippen LogP contribution in [0.3, 0.4) is 0 Å². The summed E-state index contributed by atoms with van der Waals surface area (Å²) in [6.45, 7) is 6.35. The van der Waals surface area contributed by atoms with Crippen molar-refractivity contribution in [3.8, 4) is 0 Å². The average molecular weight is 233 g/mol. The summed E-state index contributed by atoms with van der Waals surface area (Å²) in [6.07, 6.45) is 2.16. The molecule has 0 bridgehead atoms. The van der Waals surface area contributed by atoms with Crippen LogP contribution in [0.1, 0.15) is 33.1 Å². The van der Waals surface area contributed by atoms with Gasteiger partial charge in [0.05, 0.1) is 0 Å². The Kier molecular flexibility index (Phi) is 10.2. The smallest absolute Gasteiger partial charge is 0.303 e. The molecule has 0 saturated heterocycles. The first-order chi connectivity index (χ1) is 7.16. The lowest BCUT2D eigenvalue weighted by Crippen LogP contribution is -2.20. The van der Waals surface area contributed by atoms with Gasteiger partial charge in [0.15, 0.2) is 0 Å². The van der Waals surface area contributed by atoms with Gasteiger partial charge in [-0.1, -0.05) is 13.8 Å². The molecule has 0 aliphatic carbocycles. The normalized spacial score (nSPS) is 12.7. The molecule has 2 N–H and O–H groups in total. The predicted octanol–water partition coefficient (Wildman–Crippen LogP) is 2.22. The average Bonchev–Trinajstić information content (AvgIpc) is 2.20. The molecule has 3 nitrogen and oxygen atoms in total. The second kappa shape index (κ2) is 10.3. The fraction of sp³-hybridized carbons (Fsp3) is 0.909. The molecule has 0 spiro atoms. The fourth-order valence-electron chi connectivity index (χ4n) is 1.28. The van der Waals surface area contributed by atoms with Crippen molar-refractivity contribution in [1.29, 1.82) is 0 Å². The number of carboxylic acid groups (broad SMARTS) is 1. The Bertz CT molecular complexity index is 165. The van der Waals surface area contributed by atoms with Crippen molar-refractivity contribution in [2.24, 2.45) is 5.92 Å². The molecule has 0 aliphatic heterocycles. The second-order valence-electron chi connectivity index (χ2n) is 3.77. The molecule has 0 aromatic heterocycles. The van der Waals surface area contributed by atoms with Gasteiger partial charge in [-0.3, -0.25) is 4.79 Å². The number of carbonyl (C=O) groups is 1. The van der Waals surface area contributed by atoms with Crippen LogP contribution in [0.15, 0.2) is 0 Å². The second-order valence-corrected chi connectivity index (χ2v) is 5.17. The van der Waals surface area contributed by atoms with Crippen LogP contribution in [0.4, 0.5) is 0 Å². The number of aliphatic carboxylic acids is 1. The van der Waals surface area contributed by atoms with Crippen LogP contribution >= 0.6 is 11.8 Å². The number of hydrogen-bond donors (Lipinski definition) is 2. The van der Waals surface area contributed by atoms with E-state index in [0.717, 1.165) is 25.9 Å². The lowest BCUT2D eigenvalue weighted by molar-refractivity contribution is -0.137. The van der Waals surface area contributed by atoms with Crippen molar-refractivity contribution in [1.82, 2.24) is 5.32 Å². The Balaban J connectivity index is 3.16. The van der Waals surface area contributed by atoms with Crippen LogP contribution in [-0.2, 0) is 4.79 Å². The van der Waals surface area contributed by atoms with E-state index >= 15 is 0 Å². The molecule has 15 heavy (non-hydrogen) atoms. The molecule has 0 aromatic carbocycles. The minimum Gasteiger partial charge on any atom is -0.481 e. The molecule has 0 aliphatic rings. The van der Waals surface area contributed by atoms with Crippen molar-refractivity contribution in [2.75, 3.05) is 24.6 Å². The Morgan fingerprint density at radius 2 is 2.13 bits per heavy atom. The standard InChI is InChI=1S/C11H23NO2S/c1-3-15-9-8-12-7-6-10(2)4-5-11(13)14/h10,12H,3-9H2,1-2H3,(H,13,14). The summed E-state index contributed by atoms with van der Waals surface area (Å²) in [5.74, 6) is 2.16. The number of nitrogens with one attached hydrogen (secondary N) is 1. The van der Waals surface area contributed by atoms with Gasteiger partial charge in [-0.25, -0.2) is 0 Å². The Morgan fingerprint density at radius 1 is 1.40 bits per heavy atom. The van der Waals surface area contributed by atoms with Gasteiger partial charge in [-0.05, 0) is 31.1 Å². The molecule has 90 valence electrons. The van der Waals surface area contributed by atoms with Crippen LogP contribution in [0.5, 0.6) is 0 Å². The Morgan fingerprint density at radius 3 is 2.73 bits per heavy atom. The summed E-state index contributed by atoms with van der Waals surface area (Å²) in [7, 11) is 0. The summed E-state index contributed by atoms with van der Waals surface area (Å²) >= 11 is 1.94. The molecular weight excluding hydrogens is 210 g/mol. The third-order valence-corrected chi connectivity index (χ3v) is 3.19. The molecule has 1 atom stereocenters. The van der Waals surface area contributed by atoms with E-state index in [1.807, 2.05) is 11.8 Å². The van der Waals surface area contributed by atoms with E-state index < -0.39 is 5.97 Å². The summed E-state index contributed by atoms with van der Waals surface area (Å²) in [5.41, 5.74) is 0. The highest BCUT2D eigenvalue weighted by Gasteiger charge is 2.04. The number of hydrogen-bond acceptors (Lipinski definition) is 3. The van der Waals surface area contributed by atoms with E-state index in [0.29, 0.717) is 12.3 Å². The summed E-state index contributed by atoms with van der Waals surface area (Å²) < 4.78 is 0. The van der Waals surface area contributed by atoms with E-state index in [2.05, 4.69) is 19.2 Å². The molecule has 0 heterocycles. The van der Waals surface area contributed by atoms with E-state index in [-0.39, 0.29) is 0 Å². The molecule has 0 saturated carbocycles. The van der Waals surface area contributed by atoms with Crippen LogP contribution < -0.4 is 5.32 Å². The number of rotatable bonds is 10. The molecule has 0 fully saturated rings. The van der Waals surface area contributed by atoms with E-state index in [4.69, 9.17) is 5.11 Å². The maximum absolute atomic E-state index is 10.3. The maximum Gasteiger partial charge on any atom is 0.303 e. The highest BCUT2D eigenvalue weighted by molar-refractivity contribution is 7.99. The van der Waals surface area contributed by atoms with E-state index in [9.17, 15) is 4.79 Å². The lowest BCUT2D eigenvalue weighted by atomic mass is 10.0. The highest BCUT2D eigenvalue weighted by Crippen LogP contribution is 2.09. The number of thioether (sulfide) groups is 1. The maximum atomic E-state index is 10.3. The fourth-order valence-corrected chi connectivity index (χ4v) is 1.85. The van der Waals surface area contributed by atoms with Crippen molar-refractivity contribution in [3.05, 3.63) is 0 Å². The number of carboxylic acids is 1. The van der Waals surface area contributed by atoms with Gasteiger partial charge in [0.1, 0.15) is 0 Å². The minimum absolute atomic E-state index is 0.298. The van der Waals surface area contributed by atoms with Crippen LogP contribution in [0.2, 0.25) is 0 Å². The molecule has 0 rings (SSSR count). The van der Waals surface area contributed by atoms with Crippen LogP contribution in [0, 0.1) is 5.92 Å². The third kappa shape index (κ3) is 11.7. The van der Waals surface area contributed by atoms with Crippen molar-refractivity contribution in [2.45, 2.75) is 33.1 Å². The quantitative estimate of drug-likeness (QED) is 0.568. The lowest BCUT2D eigenvalue weighted by Gasteiger charge is -2.10. The van der Waals surface area contributed by atoms with E-state index in [1.165, 1.54) is 11.5 Å². The zero-order valence-electron chi connectivity index (χ0n) is 9.79. The zero-order chi connectivity index (χ0) is 11.5. The van der Waals surface area contributed by atoms with Crippen molar-refractivity contribution < 1.29 is 9.90 Å². The predicted molar refractivity (Wildman–Crippen MR) is 66.5 cm³/mol. The van der Waals surface area contributed by atoms with Gasteiger partial charge in [-0.2, -0.15) is 11.8 Å². The van der Waals surface area contributed by atoms with Gasteiger partial charge < -0.3 is 10.4 Å². The first-order valence-corrected chi connectivity index (χ1v) is 6.82. The Hall–Kier alpha value is -0.220. The molecular formula is C11H23NO2S. The molecule has 4 heteroatoms. The van der Waals surface area contributed by atoms with Gasteiger partial charge in [0.2, 0.25) is 0 Å². The summed E-state index contributed by atoms with van der Waals surface area (Å²) in [5, 5.41) is 11.9.